The number of amides is 2. The number of aromatic nitrogens is 1. The molecule has 22 heavy (non-hydrogen) atoms. The Bertz CT molecular complexity index is 695. The molecule has 8 heteroatoms. The molecule has 2 amide bonds. The third kappa shape index (κ3) is 4.48. The highest BCUT2D eigenvalue weighted by molar-refractivity contribution is 6.35. The van der Waals surface area contributed by atoms with E-state index in [0.29, 0.717) is 33.4 Å². The van der Waals surface area contributed by atoms with E-state index in [1.54, 1.807) is 18.2 Å². The molecule has 3 N–H and O–H groups in total. The number of aliphatic hydroxyl groups is 1. The molecule has 0 unspecified atom stereocenters. The van der Waals surface area contributed by atoms with Gasteiger partial charge in [-0.3, -0.25) is 0 Å². The van der Waals surface area contributed by atoms with Crippen molar-refractivity contribution < 1.29 is 9.90 Å². The third-order valence-corrected chi connectivity index (χ3v) is 3.52. The molecule has 0 aliphatic heterocycles. The zero-order valence-electron chi connectivity index (χ0n) is 11.2. The third-order valence-electron chi connectivity index (χ3n) is 2.75. The van der Waals surface area contributed by atoms with Crippen LogP contribution in [0.15, 0.2) is 30.5 Å². The molecule has 0 fully saturated rings. The van der Waals surface area contributed by atoms with Gasteiger partial charge in [0.15, 0.2) is 0 Å². The molecule has 1 aromatic heterocycles. The van der Waals surface area contributed by atoms with Gasteiger partial charge in [0.1, 0.15) is 5.15 Å². The molecular weight excluding hydrogens is 349 g/mol. The molecule has 0 saturated carbocycles. The number of hydrogen-bond acceptors (Lipinski definition) is 3. The summed E-state index contributed by atoms with van der Waals surface area (Å²) < 4.78 is 0. The van der Waals surface area contributed by atoms with Crippen molar-refractivity contribution in [3.8, 4) is 0 Å². The van der Waals surface area contributed by atoms with Gasteiger partial charge in [0.05, 0.1) is 0 Å². The van der Waals surface area contributed by atoms with Crippen LogP contribution in [0.5, 0.6) is 0 Å². The fourth-order valence-electron chi connectivity index (χ4n) is 1.85. The number of nitrogens with one attached hydrogen (secondary N) is 2. The topological polar surface area (TPSA) is 74.2 Å². The summed E-state index contributed by atoms with van der Waals surface area (Å²) in [6.45, 7) is -0.0996. The van der Waals surface area contributed by atoms with E-state index in [9.17, 15) is 4.79 Å². The van der Waals surface area contributed by atoms with E-state index >= 15 is 0 Å². The molecule has 5 nitrogen and oxygen atoms in total. The Morgan fingerprint density at radius 3 is 2.64 bits per heavy atom. The highest BCUT2D eigenvalue weighted by atomic mass is 35.5. The number of carbonyl (C=O) groups is 1. The van der Waals surface area contributed by atoms with Gasteiger partial charge >= 0.3 is 6.03 Å². The molecule has 0 aliphatic carbocycles. The van der Waals surface area contributed by atoms with E-state index in [1.807, 2.05) is 0 Å². The van der Waals surface area contributed by atoms with Crippen LogP contribution in [0.3, 0.4) is 0 Å². The van der Waals surface area contributed by atoms with E-state index in [1.165, 1.54) is 12.3 Å². The maximum absolute atomic E-state index is 12.0. The van der Waals surface area contributed by atoms with Crippen molar-refractivity contribution in [3.05, 3.63) is 51.2 Å². The lowest BCUT2D eigenvalue weighted by molar-refractivity contribution is 0.262. The standard InChI is InChI=1S/C14H12Cl3N3O2/c15-8-5-11(16)10(2-4-21)12(6-8)20-14(22)19-9-1-3-18-13(17)7-9/h1,3,5-7,21H,2,4H2,(H2,18,19,20,22). The summed E-state index contributed by atoms with van der Waals surface area (Å²) in [4.78, 5) is 15.9. The zero-order chi connectivity index (χ0) is 16.1. The number of urea groups is 1. The summed E-state index contributed by atoms with van der Waals surface area (Å²) >= 11 is 17.8. The van der Waals surface area contributed by atoms with Gasteiger partial charge in [-0.25, -0.2) is 9.78 Å². The summed E-state index contributed by atoms with van der Waals surface area (Å²) in [5.41, 5.74) is 1.54. The van der Waals surface area contributed by atoms with Gasteiger partial charge in [-0.2, -0.15) is 0 Å². The number of nitrogens with zero attached hydrogens (tertiary/aromatic N) is 1. The number of aliphatic hydroxyl groups excluding tert-OH is 1. The average Bonchev–Trinajstić information content (AvgIpc) is 2.42. The molecule has 0 radical (unpaired) electrons. The SMILES string of the molecule is O=C(Nc1ccnc(Cl)c1)Nc1cc(Cl)cc(Cl)c1CCO. The van der Waals surface area contributed by atoms with Crippen LogP contribution < -0.4 is 10.6 Å². The van der Waals surface area contributed by atoms with Gasteiger partial charge in [0.25, 0.3) is 0 Å². The molecular formula is C14H12Cl3N3O2. The summed E-state index contributed by atoms with van der Waals surface area (Å²) in [5, 5.41) is 15.4. The highest BCUT2D eigenvalue weighted by Crippen LogP contribution is 2.29. The summed E-state index contributed by atoms with van der Waals surface area (Å²) in [7, 11) is 0. The van der Waals surface area contributed by atoms with Crippen LogP contribution in [0.25, 0.3) is 0 Å². The predicted molar refractivity (Wildman–Crippen MR) is 89.1 cm³/mol. The van der Waals surface area contributed by atoms with Crippen molar-refractivity contribution in [1.29, 1.82) is 0 Å². The van der Waals surface area contributed by atoms with Crippen molar-refractivity contribution in [2.24, 2.45) is 0 Å². The molecule has 1 aromatic carbocycles. The van der Waals surface area contributed by atoms with Gasteiger partial charge in [-0.15, -0.1) is 0 Å². The maximum atomic E-state index is 12.0. The fraction of sp³-hybridized carbons (Fsp3) is 0.143. The molecule has 1 heterocycles. The first-order chi connectivity index (χ1) is 10.5. The minimum absolute atomic E-state index is 0.0996. The molecule has 2 aromatic rings. The molecule has 0 saturated heterocycles. The predicted octanol–water partition coefficient (Wildman–Crippen LogP) is 4.22. The normalized spacial score (nSPS) is 10.4. The Morgan fingerprint density at radius 2 is 1.95 bits per heavy atom. The van der Waals surface area contributed by atoms with Crippen LogP contribution in [0.1, 0.15) is 5.56 Å². The van der Waals surface area contributed by atoms with Crippen molar-refractivity contribution in [1.82, 2.24) is 4.98 Å². The lowest BCUT2D eigenvalue weighted by Crippen LogP contribution is -2.20. The van der Waals surface area contributed by atoms with E-state index in [2.05, 4.69) is 15.6 Å². The lowest BCUT2D eigenvalue weighted by Gasteiger charge is -2.13. The summed E-state index contributed by atoms with van der Waals surface area (Å²) in [5.74, 6) is 0. The van der Waals surface area contributed by atoms with Crippen LogP contribution in [0.2, 0.25) is 15.2 Å². The van der Waals surface area contributed by atoms with Gasteiger partial charge < -0.3 is 15.7 Å². The number of halogens is 3. The first-order valence-corrected chi connectivity index (χ1v) is 7.41. The molecule has 0 spiro atoms. The van der Waals surface area contributed by atoms with Crippen molar-refractivity contribution in [2.75, 3.05) is 17.2 Å². The Morgan fingerprint density at radius 1 is 1.18 bits per heavy atom. The monoisotopic (exact) mass is 359 g/mol. The van der Waals surface area contributed by atoms with Gasteiger partial charge in [-0.1, -0.05) is 34.8 Å². The second kappa shape index (κ2) is 7.65. The van der Waals surface area contributed by atoms with Crippen LogP contribution in [-0.2, 0) is 6.42 Å². The average molecular weight is 361 g/mol. The van der Waals surface area contributed by atoms with Crippen LogP contribution in [-0.4, -0.2) is 22.7 Å². The van der Waals surface area contributed by atoms with Crippen molar-refractivity contribution >= 4 is 52.2 Å². The first kappa shape index (κ1) is 16.8. The largest absolute Gasteiger partial charge is 0.396 e. The second-order valence-corrected chi connectivity index (χ2v) is 5.56. The van der Waals surface area contributed by atoms with Crippen LogP contribution in [0.4, 0.5) is 16.2 Å². The number of anilines is 2. The minimum atomic E-state index is -0.486. The first-order valence-electron chi connectivity index (χ1n) is 6.28. The zero-order valence-corrected chi connectivity index (χ0v) is 13.5. The molecule has 0 atom stereocenters. The van der Waals surface area contributed by atoms with Gasteiger partial charge in [-0.05, 0) is 36.2 Å². The Balaban J connectivity index is 2.17. The van der Waals surface area contributed by atoms with Crippen LogP contribution >= 0.6 is 34.8 Å². The number of rotatable bonds is 4. The van der Waals surface area contributed by atoms with Crippen LogP contribution in [0, 0.1) is 0 Å². The molecule has 0 bridgehead atoms. The Kier molecular flexibility index (Phi) is 5.85. The molecule has 0 aliphatic rings. The summed E-state index contributed by atoms with van der Waals surface area (Å²) in [6, 6.07) is 5.75. The lowest BCUT2D eigenvalue weighted by atomic mass is 10.1. The number of benzene rings is 1. The number of hydrogen-bond donors (Lipinski definition) is 3. The Hall–Kier alpha value is -1.53. The maximum Gasteiger partial charge on any atom is 0.323 e. The van der Waals surface area contributed by atoms with Gasteiger partial charge in [0, 0.05) is 34.2 Å². The van der Waals surface area contributed by atoms with E-state index in [-0.39, 0.29) is 11.8 Å². The van der Waals surface area contributed by atoms with Crippen molar-refractivity contribution in [3.63, 3.8) is 0 Å². The quantitative estimate of drug-likeness (QED) is 0.715. The minimum Gasteiger partial charge on any atom is -0.396 e. The van der Waals surface area contributed by atoms with E-state index in [0.717, 1.165) is 0 Å². The molecule has 2 rings (SSSR count). The van der Waals surface area contributed by atoms with Gasteiger partial charge in [0.2, 0.25) is 0 Å². The number of carbonyl (C=O) groups excluding carboxylic acids is 1. The van der Waals surface area contributed by atoms with E-state index < -0.39 is 6.03 Å². The molecule has 116 valence electrons. The number of pyridine rings is 1. The van der Waals surface area contributed by atoms with E-state index in [4.69, 9.17) is 39.9 Å². The smallest absolute Gasteiger partial charge is 0.323 e. The van der Waals surface area contributed by atoms with Crippen molar-refractivity contribution in [2.45, 2.75) is 6.42 Å². The fourth-order valence-corrected chi connectivity index (χ4v) is 2.61. The Labute approximate surface area is 142 Å². The highest BCUT2D eigenvalue weighted by Gasteiger charge is 2.12. The summed E-state index contributed by atoms with van der Waals surface area (Å²) in [6.07, 6.45) is 1.78. The second-order valence-electron chi connectivity index (χ2n) is 4.33.